The number of likely N-dealkylation sites (tertiary alicyclic amines) is 1. The van der Waals surface area contributed by atoms with E-state index in [1.165, 1.54) is 4.90 Å². The summed E-state index contributed by atoms with van der Waals surface area (Å²) in [6, 6.07) is 6.19. The van der Waals surface area contributed by atoms with Crippen molar-refractivity contribution in [2.45, 2.75) is 37.8 Å². The Hall–Kier alpha value is -3.10. The lowest BCUT2D eigenvalue weighted by atomic mass is 10.0. The number of esters is 1. The van der Waals surface area contributed by atoms with E-state index >= 15 is 0 Å². The van der Waals surface area contributed by atoms with Crippen LogP contribution in [-0.4, -0.2) is 53.9 Å². The largest absolute Gasteiger partial charge is 0.478 e. The summed E-state index contributed by atoms with van der Waals surface area (Å²) >= 11 is 0. The fourth-order valence-corrected chi connectivity index (χ4v) is 3.19. The average molecular weight is 375 g/mol. The van der Waals surface area contributed by atoms with Crippen LogP contribution in [0.15, 0.2) is 24.3 Å². The minimum absolute atomic E-state index is 0.327. The third kappa shape index (κ3) is 4.36. The third-order valence-corrected chi connectivity index (χ3v) is 4.57. The Kier molecular flexibility index (Phi) is 5.58. The molecule has 3 N–H and O–H groups in total. The summed E-state index contributed by atoms with van der Waals surface area (Å²) in [5.41, 5.74) is 5.86. The molecule has 27 heavy (non-hydrogen) atoms. The summed E-state index contributed by atoms with van der Waals surface area (Å²) in [5, 5.41) is 2.65. The van der Waals surface area contributed by atoms with Crippen molar-refractivity contribution in [2.75, 3.05) is 18.5 Å². The molecule has 0 bridgehead atoms. The van der Waals surface area contributed by atoms with Crippen LogP contribution in [-0.2, 0) is 23.9 Å². The number of carbonyl (C=O) groups is 4. The van der Waals surface area contributed by atoms with Crippen LogP contribution in [0.3, 0.4) is 0 Å². The molecule has 0 aromatic heterocycles. The number of hydrogen-bond donors (Lipinski definition) is 2. The SMILES string of the molecule is NC(=O)[C@H]1CCCCN1C(=O)COC(=O)C[C@@H]1Oc2ccccc2NC1=O. The zero-order chi connectivity index (χ0) is 19.4. The van der Waals surface area contributed by atoms with Gasteiger partial charge in [-0.2, -0.15) is 0 Å². The number of carbonyl (C=O) groups excluding carboxylic acids is 4. The van der Waals surface area contributed by atoms with E-state index in [0.717, 1.165) is 12.8 Å². The van der Waals surface area contributed by atoms with Crippen LogP contribution in [0.25, 0.3) is 0 Å². The molecule has 144 valence electrons. The summed E-state index contributed by atoms with van der Waals surface area (Å²) in [4.78, 5) is 49.1. The van der Waals surface area contributed by atoms with Crippen molar-refractivity contribution in [2.24, 2.45) is 5.73 Å². The molecule has 9 nitrogen and oxygen atoms in total. The van der Waals surface area contributed by atoms with Crippen LogP contribution >= 0.6 is 0 Å². The second-order valence-electron chi connectivity index (χ2n) is 6.46. The average Bonchev–Trinajstić information content (AvgIpc) is 2.66. The Labute approximate surface area is 155 Å². The molecule has 2 aliphatic heterocycles. The molecule has 1 aromatic carbocycles. The molecule has 0 aliphatic carbocycles. The maximum Gasteiger partial charge on any atom is 0.310 e. The monoisotopic (exact) mass is 375 g/mol. The summed E-state index contributed by atoms with van der Waals surface area (Å²) < 4.78 is 10.5. The van der Waals surface area contributed by atoms with Crippen LogP contribution in [0.2, 0.25) is 0 Å². The predicted octanol–water partition coefficient (Wildman–Crippen LogP) is 0.186. The Morgan fingerprint density at radius 1 is 1.26 bits per heavy atom. The fraction of sp³-hybridized carbons (Fsp3) is 0.444. The molecule has 3 amide bonds. The Morgan fingerprint density at radius 3 is 2.81 bits per heavy atom. The first kappa shape index (κ1) is 18.7. The van der Waals surface area contributed by atoms with Gasteiger partial charge in [0, 0.05) is 6.54 Å². The van der Waals surface area contributed by atoms with E-state index in [2.05, 4.69) is 5.32 Å². The summed E-state index contributed by atoms with van der Waals surface area (Å²) in [6.07, 6.45) is 0.721. The first-order valence-corrected chi connectivity index (χ1v) is 8.76. The predicted molar refractivity (Wildman–Crippen MR) is 93.6 cm³/mol. The summed E-state index contributed by atoms with van der Waals surface area (Å²) in [6.45, 7) is -0.109. The molecule has 3 rings (SSSR count). The Morgan fingerprint density at radius 2 is 2.04 bits per heavy atom. The number of benzene rings is 1. The molecule has 2 aliphatic rings. The molecule has 2 atom stereocenters. The molecular weight excluding hydrogens is 354 g/mol. The lowest BCUT2D eigenvalue weighted by Crippen LogP contribution is -2.51. The van der Waals surface area contributed by atoms with E-state index in [0.29, 0.717) is 24.4 Å². The molecule has 2 heterocycles. The maximum absolute atomic E-state index is 12.3. The fourth-order valence-electron chi connectivity index (χ4n) is 3.19. The number of hydrogen-bond acceptors (Lipinski definition) is 6. The minimum atomic E-state index is -1.03. The lowest BCUT2D eigenvalue weighted by Gasteiger charge is -2.33. The number of nitrogens with two attached hydrogens (primary N) is 1. The second kappa shape index (κ2) is 8.07. The number of nitrogens with zero attached hydrogens (tertiary/aromatic N) is 1. The number of primary amides is 1. The highest BCUT2D eigenvalue weighted by Crippen LogP contribution is 2.29. The first-order chi connectivity index (χ1) is 13.0. The van der Waals surface area contributed by atoms with Crippen LogP contribution in [0.1, 0.15) is 25.7 Å². The maximum atomic E-state index is 12.3. The van der Waals surface area contributed by atoms with Gasteiger partial charge < -0.3 is 25.4 Å². The van der Waals surface area contributed by atoms with Crippen molar-refractivity contribution in [1.29, 1.82) is 0 Å². The van der Waals surface area contributed by atoms with Gasteiger partial charge in [0.15, 0.2) is 12.7 Å². The summed E-state index contributed by atoms with van der Waals surface area (Å²) in [7, 11) is 0. The van der Waals surface area contributed by atoms with Crippen LogP contribution < -0.4 is 15.8 Å². The van der Waals surface area contributed by atoms with E-state index in [4.69, 9.17) is 15.2 Å². The highest BCUT2D eigenvalue weighted by atomic mass is 16.5. The highest BCUT2D eigenvalue weighted by Gasteiger charge is 2.33. The van der Waals surface area contributed by atoms with Gasteiger partial charge in [-0.25, -0.2) is 0 Å². The van der Waals surface area contributed by atoms with Crippen molar-refractivity contribution in [1.82, 2.24) is 4.90 Å². The van der Waals surface area contributed by atoms with Crippen LogP contribution in [0.4, 0.5) is 5.69 Å². The zero-order valence-corrected chi connectivity index (χ0v) is 14.7. The van der Waals surface area contributed by atoms with Gasteiger partial charge in [0.1, 0.15) is 11.8 Å². The molecule has 0 saturated carbocycles. The van der Waals surface area contributed by atoms with Gasteiger partial charge in [-0.05, 0) is 31.4 Å². The van der Waals surface area contributed by atoms with Gasteiger partial charge in [-0.3, -0.25) is 19.2 Å². The second-order valence-corrected chi connectivity index (χ2v) is 6.46. The van der Waals surface area contributed by atoms with E-state index in [-0.39, 0.29) is 6.42 Å². The number of amides is 3. The lowest BCUT2D eigenvalue weighted by molar-refractivity contribution is -0.156. The number of piperidine rings is 1. The quantitative estimate of drug-likeness (QED) is 0.707. The zero-order valence-electron chi connectivity index (χ0n) is 14.7. The molecule has 1 fully saturated rings. The molecule has 0 unspecified atom stereocenters. The molecular formula is C18H21N3O6. The third-order valence-electron chi connectivity index (χ3n) is 4.57. The van der Waals surface area contributed by atoms with Crippen molar-refractivity contribution < 1.29 is 28.7 Å². The van der Waals surface area contributed by atoms with Gasteiger partial charge in [-0.1, -0.05) is 12.1 Å². The van der Waals surface area contributed by atoms with E-state index in [1.54, 1.807) is 24.3 Å². The van der Waals surface area contributed by atoms with Crippen LogP contribution in [0.5, 0.6) is 5.75 Å². The van der Waals surface area contributed by atoms with Crippen molar-refractivity contribution in [3.63, 3.8) is 0 Å². The minimum Gasteiger partial charge on any atom is -0.478 e. The van der Waals surface area contributed by atoms with Crippen molar-refractivity contribution >= 4 is 29.4 Å². The highest BCUT2D eigenvalue weighted by molar-refractivity contribution is 5.99. The van der Waals surface area contributed by atoms with Crippen LogP contribution in [0, 0.1) is 0 Å². The normalized spacial score (nSPS) is 21.5. The molecule has 0 spiro atoms. The molecule has 1 aromatic rings. The van der Waals surface area contributed by atoms with E-state index in [1.807, 2.05) is 0 Å². The number of nitrogens with one attached hydrogen (secondary N) is 1. The topological polar surface area (TPSA) is 128 Å². The number of anilines is 1. The standard InChI is InChI=1S/C18H21N3O6/c19-17(24)12-6-3-4-8-21(12)15(22)10-26-16(23)9-14-18(25)20-11-5-1-2-7-13(11)27-14/h1-2,5,7,12,14H,3-4,6,8-10H2,(H2,19,24)(H,20,25)/t12-,14+/m1/s1. The molecule has 9 heteroatoms. The van der Waals surface area contributed by atoms with Gasteiger partial charge in [0.05, 0.1) is 12.1 Å². The Balaban J connectivity index is 1.51. The van der Waals surface area contributed by atoms with Gasteiger partial charge in [0.25, 0.3) is 11.8 Å². The Bertz CT molecular complexity index is 765. The number of para-hydroxylation sites is 2. The van der Waals surface area contributed by atoms with Gasteiger partial charge >= 0.3 is 5.97 Å². The molecule has 0 radical (unpaired) electrons. The smallest absolute Gasteiger partial charge is 0.310 e. The van der Waals surface area contributed by atoms with Crippen molar-refractivity contribution in [3.05, 3.63) is 24.3 Å². The first-order valence-electron chi connectivity index (χ1n) is 8.76. The number of ether oxygens (including phenoxy) is 2. The number of fused-ring (bicyclic) bond motifs is 1. The summed E-state index contributed by atoms with van der Waals surface area (Å²) in [5.74, 6) is -1.78. The molecule has 1 saturated heterocycles. The van der Waals surface area contributed by atoms with Gasteiger partial charge in [-0.15, -0.1) is 0 Å². The van der Waals surface area contributed by atoms with Gasteiger partial charge in [0.2, 0.25) is 5.91 Å². The van der Waals surface area contributed by atoms with E-state index < -0.39 is 42.4 Å². The number of rotatable bonds is 5. The van der Waals surface area contributed by atoms with Crippen molar-refractivity contribution in [3.8, 4) is 5.75 Å². The van der Waals surface area contributed by atoms with E-state index in [9.17, 15) is 19.2 Å².